The summed E-state index contributed by atoms with van der Waals surface area (Å²) in [6, 6.07) is 13.1. The Bertz CT molecular complexity index is 1870. The number of hydrogen-bond donors (Lipinski definition) is 0. The molecule has 1 heterocycles. The second-order valence-electron chi connectivity index (χ2n) is 14.4. The fourth-order valence-electron chi connectivity index (χ4n) is 6.80. The SMILES string of the molecule is CCCCC(CCCCC(CC)C(C)C)S(=O)(=O)c1cc(F)c(CSc2ncc(C(C)(C)c3ccc(F)c(OC)c3)n2-c2ccc(F)cc2)c(Cl)c1. The number of sulfone groups is 1. The highest BCUT2D eigenvalue weighted by Crippen LogP contribution is 2.39. The van der Waals surface area contributed by atoms with Gasteiger partial charge in [0.15, 0.2) is 26.6 Å². The predicted octanol–water partition coefficient (Wildman–Crippen LogP) is 12.1. The molecule has 0 radical (unpaired) electrons. The number of halogens is 4. The van der Waals surface area contributed by atoms with Gasteiger partial charge in [0, 0.05) is 27.4 Å². The van der Waals surface area contributed by atoms with Crippen LogP contribution in [0.2, 0.25) is 5.02 Å². The molecule has 5 nitrogen and oxygen atoms in total. The Labute approximate surface area is 317 Å². The number of benzene rings is 3. The summed E-state index contributed by atoms with van der Waals surface area (Å²) in [5, 5.41) is -0.0893. The summed E-state index contributed by atoms with van der Waals surface area (Å²) in [5.74, 6) is -0.215. The average Bonchev–Trinajstić information content (AvgIpc) is 3.54. The summed E-state index contributed by atoms with van der Waals surface area (Å²) in [5.41, 5.74) is 1.54. The van der Waals surface area contributed by atoms with E-state index in [4.69, 9.17) is 16.3 Å². The van der Waals surface area contributed by atoms with E-state index in [0.717, 1.165) is 55.8 Å². The second-order valence-corrected chi connectivity index (χ2v) is 18.0. The maximum atomic E-state index is 15.9. The monoisotopic (exact) mass is 776 g/mol. The number of hydrogen-bond acceptors (Lipinski definition) is 5. The van der Waals surface area contributed by atoms with Crippen molar-refractivity contribution in [3.8, 4) is 11.4 Å². The lowest BCUT2D eigenvalue weighted by atomic mass is 9.81. The fourth-order valence-corrected chi connectivity index (χ4v) is 10.1. The third kappa shape index (κ3) is 9.77. The Morgan fingerprint density at radius 1 is 0.923 bits per heavy atom. The topological polar surface area (TPSA) is 61.2 Å². The Kier molecular flexibility index (Phi) is 14.8. The van der Waals surface area contributed by atoms with Crippen molar-refractivity contribution in [2.24, 2.45) is 11.8 Å². The van der Waals surface area contributed by atoms with Gasteiger partial charge in [-0.15, -0.1) is 0 Å². The van der Waals surface area contributed by atoms with Crippen molar-refractivity contribution in [2.45, 2.75) is 119 Å². The van der Waals surface area contributed by atoms with Gasteiger partial charge in [-0.25, -0.2) is 26.6 Å². The van der Waals surface area contributed by atoms with E-state index in [1.807, 2.05) is 25.3 Å². The summed E-state index contributed by atoms with van der Waals surface area (Å²) >= 11 is 7.89. The number of unbranched alkanes of at least 4 members (excludes halogenated alkanes) is 2. The summed E-state index contributed by atoms with van der Waals surface area (Å²) in [7, 11) is -2.43. The summed E-state index contributed by atoms with van der Waals surface area (Å²) in [6.45, 7) is 12.6. The number of thioether (sulfide) groups is 1. The highest BCUT2D eigenvalue weighted by Gasteiger charge is 2.32. The third-order valence-corrected chi connectivity index (χ3v) is 13.8. The van der Waals surface area contributed by atoms with Gasteiger partial charge in [0.1, 0.15) is 11.6 Å². The van der Waals surface area contributed by atoms with Crippen molar-refractivity contribution in [1.29, 1.82) is 0 Å². The van der Waals surface area contributed by atoms with Gasteiger partial charge in [-0.3, -0.25) is 4.57 Å². The molecule has 0 spiro atoms. The highest BCUT2D eigenvalue weighted by atomic mass is 35.5. The van der Waals surface area contributed by atoms with Crippen LogP contribution in [-0.2, 0) is 21.0 Å². The van der Waals surface area contributed by atoms with Crippen molar-refractivity contribution in [1.82, 2.24) is 9.55 Å². The van der Waals surface area contributed by atoms with Gasteiger partial charge in [0.05, 0.1) is 29.1 Å². The number of aromatic nitrogens is 2. The molecule has 2 unspecified atom stereocenters. The number of methoxy groups -OCH3 is 1. The lowest BCUT2D eigenvalue weighted by Crippen LogP contribution is -2.23. The van der Waals surface area contributed by atoms with Gasteiger partial charge in [0.2, 0.25) is 0 Å². The van der Waals surface area contributed by atoms with E-state index in [-0.39, 0.29) is 27.0 Å². The van der Waals surface area contributed by atoms with Crippen LogP contribution in [0.15, 0.2) is 70.8 Å². The van der Waals surface area contributed by atoms with Crippen LogP contribution in [-0.4, -0.2) is 30.3 Å². The van der Waals surface area contributed by atoms with Crippen molar-refractivity contribution in [3.05, 3.63) is 100 Å². The Hall–Kier alpha value is -2.95. The van der Waals surface area contributed by atoms with Crippen LogP contribution in [0.4, 0.5) is 13.2 Å². The predicted molar refractivity (Wildman–Crippen MR) is 207 cm³/mol. The van der Waals surface area contributed by atoms with E-state index >= 15 is 4.39 Å². The number of rotatable bonds is 19. The zero-order chi connectivity index (χ0) is 38.2. The quantitative estimate of drug-likeness (QED) is 0.0701. The Morgan fingerprint density at radius 2 is 1.60 bits per heavy atom. The van der Waals surface area contributed by atoms with E-state index in [9.17, 15) is 17.2 Å². The maximum Gasteiger partial charge on any atom is 0.181 e. The smallest absolute Gasteiger partial charge is 0.181 e. The van der Waals surface area contributed by atoms with Gasteiger partial charge >= 0.3 is 0 Å². The molecular formula is C41H52ClF3N2O3S2. The van der Waals surface area contributed by atoms with E-state index in [0.29, 0.717) is 35.5 Å². The number of ether oxygens (including phenoxy) is 1. The molecular weight excluding hydrogens is 725 g/mol. The molecule has 4 aromatic rings. The lowest BCUT2D eigenvalue weighted by Gasteiger charge is -2.28. The number of nitrogens with zero attached hydrogens (tertiary/aromatic N) is 2. The summed E-state index contributed by atoms with van der Waals surface area (Å²) in [4.78, 5) is 4.58. The number of imidazole rings is 1. The first-order valence-corrected chi connectivity index (χ1v) is 21.1. The molecule has 0 bridgehead atoms. The van der Waals surface area contributed by atoms with E-state index in [2.05, 4.69) is 25.8 Å². The first-order chi connectivity index (χ1) is 24.6. The van der Waals surface area contributed by atoms with Crippen molar-refractivity contribution in [3.63, 3.8) is 0 Å². The minimum Gasteiger partial charge on any atom is -0.494 e. The second kappa shape index (κ2) is 18.4. The molecule has 284 valence electrons. The van der Waals surface area contributed by atoms with Crippen molar-refractivity contribution < 1.29 is 26.3 Å². The molecule has 0 fully saturated rings. The van der Waals surface area contributed by atoms with Crippen LogP contribution in [0, 0.1) is 29.3 Å². The lowest BCUT2D eigenvalue weighted by molar-refractivity contribution is 0.335. The zero-order valence-corrected chi connectivity index (χ0v) is 33.7. The maximum absolute atomic E-state index is 15.9. The normalized spacial score (nSPS) is 13.5. The molecule has 1 aromatic heterocycles. The van der Waals surface area contributed by atoms with Crippen LogP contribution in [0.5, 0.6) is 5.75 Å². The molecule has 3 aromatic carbocycles. The minimum absolute atomic E-state index is 0.0295. The van der Waals surface area contributed by atoms with E-state index in [1.165, 1.54) is 43.1 Å². The first-order valence-electron chi connectivity index (χ1n) is 18.2. The van der Waals surface area contributed by atoms with E-state index in [1.54, 1.807) is 30.5 Å². The Balaban J connectivity index is 1.62. The molecule has 0 aliphatic heterocycles. The molecule has 0 saturated carbocycles. The van der Waals surface area contributed by atoms with Crippen LogP contribution in [0.1, 0.15) is 110 Å². The highest BCUT2D eigenvalue weighted by molar-refractivity contribution is 7.98. The minimum atomic E-state index is -3.83. The zero-order valence-electron chi connectivity index (χ0n) is 31.3. The van der Waals surface area contributed by atoms with Crippen LogP contribution < -0.4 is 4.74 Å². The standard InChI is InChI=1S/C41H52ClF3N2O3S2/c1-8-10-14-32(15-12-11-13-28(9-2)27(3)4)52(48,49)33-23-35(42)34(37(45)24-33)26-51-40-46-25-39(47(40)31-19-17-30(43)18-20-31)41(5,6)29-16-21-36(44)38(22-29)50-7/h16-25,27-28,32H,8-15,26H2,1-7H3. The largest absolute Gasteiger partial charge is 0.494 e. The van der Waals surface area contributed by atoms with Crippen molar-refractivity contribution >= 4 is 33.2 Å². The van der Waals surface area contributed by atoms with E-state index < -0.39 is 38.0 Å². The molecule has 0 amide bonds. The molecule has 0 N–H and O–H groups in total. The molecule has 0 saturated heterocycles. The average molecular weight is 777 g/mol. The third-order valence-electron chi connectivity index (χ3n) is 10.3. The van der Waals surface area contributed by atoms with Crippen LogP contribution in [0.25, 0.3) is 5.69 Å². The van der Waals surface area contributed by atoms with Gasteiger partial charge in [0.25, 0.3) is 0 Å². The first kappa shape index (κ1) is 41.8. The van der Waals surface area contributed by atoms with Gasteiger partial charge in [-0.05, 0) is 78.8 Å². The van der Waals surface area contributed by atoms with Gasteiger partial charge in [-0.2, -0.15) is 0 Å². The van der Waals surface area contributed by atoms with Crippen LogP contribution >= 0.6 is 23.4 Å². The summed E-state index contributed by atoms with van der Waals surface area (Å²) < 4.78 is 79.1. The Morgan fingerprint density at radius 3 is 2.21 bits per heavy atom. The molecule has 52 heavy (non-hydrogen) atoms. The molecule has 0 aliphatic carbocycles. The van der Waals surface area contributed by atoms with Gasteiger partial charge < -0.3 is 4.74 Å². The van der Waals surface area contributed by atoms with Gasteiger partial charge in [-0.1, -0.05) is 109 Å². The summed E-state index contributed by atoms with van der Waals surface area (Å²) in [6.07, 6.45) is 8.32. The fraction of sp³-hybridized carbons (Fsp3) is 0.488. The molecule has 4 rings (SSSR count). The molecule has 11 heteroatoms. The van der Waals surface area contributed by atoms with Crippen molar-refractivity contribution in [2.75, 3.05) is 7.11 Å². The molecule has 2 atom stereocenters. The molecule has 0 aliphatic rings. The van der Waals surface area contributed by atoms with Crippen LogP contribution in [0.3, 0.4) is 0 Å².